The maximum Gasteiger partial charge on any atom is 0.296 e. The number of aromatic nitrogens is 2. The summed E-state index contributed by atoms with van der Waals surface area (Å²) in [6.07, 6.45) is 0. The maximum atomic E-state index is 15.3. The lowest BCUT2D eigenvalue weighted by Crippen LogP contribution is -2.31. The summed E-state index contributed by atoms with van der Waals surface area (Å²) >= 11 is 2.56. The van der Waals surface area contributed by atoms with E-state index in [1.807, 2.05) is 24.3 Å². The number of ketones is 1. The zero-order valence-electron chi connectivity index (χ0n) is 23.1. The summed E-state index contributed by atoms with van der Waals surface area (Å²) in [5.74, 6) is -2.24. The van der Waals surface area contributed by atoms with E-state index in [0.29, 0.717) is 26.8 Å². The molecule has 0 radical (unpaired) electrons. The van der Waals surface area contributed by atoms with E-state index < -0.39 is 29.3 Å². The number of carbonyl (C=O) groups excluding carboxylic acids is 2. The Labute approximate surface area is 258 Å². The highest BCUT2D eigenvalue weighted by Gasteiger charge is 2.47. The molecule has 1 amide bonds. The molecule has 0 aliphatic carbocycles. The van der Waals surface area contributed by atoms with Crippen molar-refractivity contribution in [2.24, 2.45) is 0 Å². The van der Waals surface area contributed by atoms with Gasteiger partial charge in [-0.05, 0) is 34.5 Å². The van der Waals surface area contributed by atoms with Gasteiger partial charge in [-0.3, -0.25) is 14.5 Å². The Morgan fingerprint density at radius 3 is 2.61 bits per heavy atom. The number of hydrogen-bond donors (Lipinski definition) is 1. The van der Waals surface area contributed by atoms with Gasteiger partial charge in [0.15, 0.2) is 27.2 Å². The van der Waals surface area contributed by atoms with Crippen molar-refractivity contribution in [2.45, 2.75) is 16.1 Å². The number of hydrogen-bond acceptors (Lipinski definition) is 9. The molecule has 4 aromatic carbocycles. The number of aliphatic hydroxyl groups excluding tert-OH is 1. The normalized spacial score (nSPS) is 15.1. The number of halogens is 1. The Kier molecular flexibility index (Phi) is 7.11. The number of fused-ring (bicyclic) bond motifs is 2. The van der Waals surface area contributed by atoms with Crippen LogP contribution in [0.5, 0.6) is 5.75 Å². The number of aliphatic hydroxyl groups is 1. The molecular formula is C33H22FN3O5S2. The Morgan fingerprint density at radius 2 is 1.77 bits per heavy atom. The number of nitrogens with zero attached hydrogens (tertiary/aromatic N) is 3. The summed E-state index contributed by atoms with van der Waals surface area (Å²) in [5.41, 5.74) is 1.14. The first kappa shape index (κ1) is 27.8. The molecule has 1 N–H and O–H groups in total. The third kappa shape index (κ3) is 4.70. The number of furan rings is 1. The van der Waals surface area contributed by atoms with Crippen molar-refractivity contribution in [3.8, 4) is 5.75 Å². The van der Waals surface area contributed by atoms with Crippen LogP contribution < -0.4 is 9.64 Å². The summed E-state index contributed by atoms with van der Waals surface area (Å²) in [4.78, 5) is 28.6. The minimum absolute atomic E-state index is 0.0158. The second-order valence-corrected chi connectivity index (χ2v) is 12.1. The molecule has 44 heavy (non-hydrogen) atoms. The van der Waals surface area contributed by atoms with Crippen LogP contribution in [0.4, 0.5) is 9.52 Å². The molecule has 0 saturated carbocycles. The van der Waals surface area contributed by atoms with Gasteiger partial charge in [0.25, 0.3) is 5.91 Å². The average molecular weight is 624 g/mol. The third-order valence-electron chi connectivity index (χ3n) is 7.44. The molecule has 0 saturated heterocycles. The molecule has 0 spiro atoms. The van der Waals surface area contributed by atoms with Crippen LogP contribution in [-0.4, -0.2) is 34.1 Å². The fraction of sp³-hybridized carbons (Fsp3) is 0.0909. The van der Waals surface area contributed by atoms with Gasteiger partial charge in [-0.2, -0.15) is 0 Å². The minimum Gasteiger partial charge on any atom is -0.503 e. The van der Waals surface area contributed by atoms with E-state index >= 15 is 4.39 Å². The lowest BCUT2D eigenvalue weighted by atomic mass is 9.95. The van der Waals surface area contributed by atoms with Gasteiger partial charge in [-0.1, -0.05) is 95.9 Å². The number of anilines is 1. The lowest BCUT2D eigenvalue weighted by Gasteiger charge is -2.24. The Morgan fingerprint density at radius 1 is 1.02 bits per heavy atom. The van der Waals surface area contributed by atoms with Crippen LogP contribution in [0.3, 0.4) is 0 Å². The molecule has 0 bridgehead atoms. The summed E-state index contributed by atoms with van der Waals surface area (Å²) in [7, 11) is 1.48. The summed E-state index contributed by atoms with van der Waals surface area (Å²) in [6, 6.07) is 25.3. The number of carbonyl (C=O) groups is 2. The SMILES string of the molecule is COc1cccc2cc(C(=O)C3=C(O)C(=O)N(c4nnc(SCc5cccc6ccccc56)s4)C3c3ccccc3F)oc12. The van der Waals surface area contributed by atoms with E-state index in [4.69, 9.17) is 9.15 Å². The van der Waals surface area contributed by atoms with Crippen molar-refractivity contribution in [1.82, 2.24) is 10.2 Å². The summed E-state index contributed by atoms with van der Waals surface area (Å²) in [5, 5.41) is 22.6. The Bertz CT molecular complexity index is 2120. The van der Waals surface area contributed by atoms with Gasteiger partial charge in [-0.25, -0.2) is 4.39 Å². The second-order valence-electron chi connectivity index (χ2n) is 9.96. The van der Waals surface area contributed by atoms with Gasteiger partial charge >= 0.3 is 0 Å². The van der Waals surface area contributed by atoms with Crippen LogP contribution in [-0.2, 0) is 10.5 Å². The Hall–Kier alpha value is -5.00. The van der Waals surface area contributed by atoms with Gasteiger partial charge in [0.05, 0.1) is 12.7 Å². The number of amides is 1. The first-order valence-electron chi connectivity index (χ1n) is 13.5. The van der Waals surface area contributed by atoms with Gasteiger partial charge in [0.1, 0.15) is 11.9 Å². The molecule has 6 aromatic rings. The van der Waals surface area contributed by atoms with Gasteiger partial charge < -0.3 is 14.3 Å². The van der Waals surface area contributed by atoms with Crippen molar-refractivity contribution in [3.05, 3.63) is 125 Å². The smallest absolute Gasteiger partial charge is 0.296 e. The molecule has 1 aliphatic rings. The highest BCUT2D eigenvalue weighted by Crippen LogP contribution is 2.45. The number of Topliss-reactive ketones (excluding diaryl/α,β-unsaturated/α-hetero) is 1. The monoisotopic (exact) mass is 623 g/mol. The quantitative estimate of drug-likeness (QED) is 0.105. The highest BCUT2D eigenvalue weighted by molar-refractivity contribution is 8.00. The average Bonchev–Trinajstić information content (AvgIpc) is 3.76. The van der Waals surface area contributed by atoms with E-state index in [-0.39, 0.29) is 22.0 Å². The molecule has 11 heteroatoms. The van der Waals surface area contributed by atoms with E-state index in [2.05, 4.69) is 28.4 Å². The van der Waals surface area contributed by atoms with E-state index in [1.165, 1.54) is 43.1 Å². The van der Waals surface area contributed by atoms with Crippen LogP contribution >= 0.6 is 23.1 Å². The largest absolute Gasteiger partial charge is 0.503 e. The van der Waals surface area contributed by atoms with Crippen LogP contribution in [0.25, 0.3) is 21.7 Å². The van der Waals surface area contributed by atoms with E-state index in [1.54, 1.807) is 24.3 Å². The van der Waals surface area contributed by atoms with Crippen molar-refractivity contribution in [2.75, 3.05) is 12.0 Å². The fourth-order valence-electron chi connectivity index (χ4n) is 5.38. The van der Waals surface area contributed by atoms with Crippen LogP contribution in [0.15, 0.2) is 111 Å². The molecule has 1 unspecified atom stereocenters. The molecule has 218 valence electrons. The standard InChI is InChI=1S/C33H22FN3O5S2/c1-41-24-15-7-10-19-16-25(42-30(19)24)28(38)26-27(22-13-4-5-14-23(22)34)37(31(40)29(26)39)32-35-36-33(44-32)43-17-20-11-6-9-18-8-2-3-12-21(18)20/h2-16,27,39H,17H2,1H3. The van der Waals surface area contributed by atoms with Crippen LogP contribution in [0, 0.1) is 5.82 Å². The maximum absolute atomic E-state index is 15.3. The fourth-order valence-corrected chi connectivity index (χ4v) is 7.25. The predicted molar refractivity (Wildman–Crippen MR) is 167 cm³/mol. The second kappa shape index (κ2) is 11.3. The van der Waals surface area contributed by atoms with Crippen molar-refractivity contribution >= 4 is 61.7 Å². The molecule has 8 nitrogen and oxygen atoms in total. The van der Waals surface area contributed by atoms with Crippen LogP contribution in [0.2, 0.25) is 0 Å². The van der Waals surface area contributed by atoms with Crippen LogP contribution in [0.1, 0.15) is 27.7 Å². The number of thioether (sulfide) groups is 1. The number of methoxy groups -OCH3 is 1. The topological polar surface area (TPSA) is 106 Å². The lowest BCUT2D eigenvalue weighted by molar-refractivity contribution is -0.117. The first-order chi connectivity index (χ1) is 21.4. The van der Waals surface area contributed by atoms with E-state index in [9.17, 15) is 14.7 Å². The summed E-state index contributed by atoms with van der Waals surface area (Å²) in [6.45, 7) is 0. The zero-order chi connectivity index (χ0) is 30.4. The van der Waals surface area contributed by atoms with Gasteiger partial charge in [-0.15, -0.1) is 10.2 Å². The first-order valence-corrected chi connectivity index (χ1v) is 15.3. The van der Waals surface area contributed by atoms with Crippen molar-refractivity contribution in [3.63, 3.8) is 0 Å². The minimum atomic E-state index is -1.31. The molecule has 3 heterocycles. The number of rotatable bonds is 8. The van der Waals surface area contributed by atoms with Crippen molar-refractivity contribution in [1.29, 1.82) is 0 Å². The number of para-hydroxylation sites is 1. The number of ether oxygens (including phenoxy) is 1. The van der Waals surface area contributed by atoms with Crippen molar-refractivity contribution < 1.29 is 28.2 Å². The van der Waals surface area contributed by atoms with Gasteiger partial charge in [0.2, 0.25) is 10.9 Å². The molecule has 1 atom stereocenters. The molecule has 0 fully saturated rings. The molecule has 1 aliphatic heterocycles. The highest BCUT2D eigenvalue weighted by atomic mass is 32.2. The predicted octanol–water partition coefficient (Wildman–Crippen LogP) is 7.66. The third-order valence-corrected chi connectivity index (χ3v) is 9.54. The Balaban J connectivity index is 1.24. The molecule has 7 rings (SSSR count). The summed E-state index contributed by atoms with van der Waals surface area (Å²) < 4.78 is 27.0. The molecule has 2 aromatic heterocycles. The van der Waals surface area contributed by atoms with Gasteiger partial charge in [0, 0.05) is 16.7 Å². The zero-order valence-corrected chi connectivity index (χ0v) is 24.7. The molecular weight excluding hydrogens is 602 g/mol. The van der Waals surface area contributed by atoms with E-state index in [0.717, 1.165) is 32.6 Å². The number of benzene rings is 4.